The molecule has 2 amide bonds. The Bertz CT molecular complexity index is 508. The standard InChI is InChI=1S/C13H20N4O4/c1-17-5-4-14-10(17)8-15-12(20)16-9-13(11(18)19)2-6-21-7-3-13/h4-5H,2-3,6-9H2,1H3,(H,18,19)(H2,15,16,20). The average molecular weight is 296 g/mol. The first-order chi connectivity index (χ1) is 10.0. The smallest absolute Gasteiger partial charge is 0.315 e. The Labute approximate surface area is 122 Å². The number of carboxylic acids is 1. The lowest BCUT2D eigenvalue weighted by Gasteiger charge is -2.33. The quantitative estimate of drug-likeness (QED) is 0.714. The number of rotatable bonds is 5. The third kappa shape index (κ3) is 3.72. The van der Waals surface area contributed by atoms with Crippen molar-refractivity contribution >= 4 is 12.0 Å². The minimum Gasteiger partial charge on any atom is -0.481 e. The van der Waals surface area contributed by atoms with E-state index in [2.05, 4.69) is 15.6 Å². The van der Waals surface area contributed by atoms with Gasteiger partial charge in [-0.05, 0) is 12.8 Å². The number of imidazole rings is 1. The highest BCUT2D eigenvalue weighted by Crippen LogP contribution is 2.29. The molecule has 0 bridgehead atoms. The van der Waals surface area contributed by atoms with Crippen LogP contribution in [0.25, 0.3) is 0 Å². The number of carbonyl (C=O) groups is 2. The van der Waals surface area contributed by atoms with Gasteiger partial charge in [-0.25, -0.2) is 9.78 Å². The molecule has 21 heavy (non-hydrogen) atoms. The number of hydrogen-bond donors (Lipinski definition) is 3. The van der Waals surface area contributed by atoms with Gasteiger partial charge in [-0.2, -0.15) is 0 Å². The van der Waals surface area contributed by atoms with E-state index in [0.29, 0.717) is 32.6 Å². The second kappa shape index (κ2) is 6.57. The molecule has 116 valence electrons. The maximum atomic E-state index is 11.8. The fraction of sp³-hybridized carbons (Fsp3) is 0.615. The first-order valence-corrected chi connectivity index (χ1v) is 6.82. The fourth-order valence-electron chi connectivity index (χ4n) is 2.27. The molecule has 0 unspecified atom stereocenters. The summed E-state index contributed by atoms with van der Waals surface area (Å²) in [6.45, 7) is 1.20. The molecule has 0 radical (unpaired) electrons. The summed E-state index contributed by atoms with van der Waals surface area (Å²) in [6.07, 6.45) is 4.25. The van der Waals surface area contributed by atoms with E-state index >= 15 is 0 Å². The average Bonchev–Trinajstić information content (AvgIpc) is 2.89. The summed E-state index contributed by atoms with van der Waals surface area (Å²) in [7, 11) is 1.84. The van der Waals surface area contributed by atoms with Crippen LogP contribution in [0.1, 0.15) is 18.7 Å². The summed E-state index contributed by atoms with van der Waals surface area (Å²) in [5, 5.41) is 14.7. The Morgan fingerprint density at radius 2 is 2.14 bits per heavy atom. The van der Waals surface area contributed by atoms with Crippen LogP contribution in [0.2, 0.25) is 0 Å². The Balaban J connectivity index is 1.82. The minimum absolute atomic E-state index is 0.0953. The Morgan fingerprint density at radius 3 is 2.71 bits per heavy atom. The molecule has 1 fully saturated rings. The summed E-state index contributed by atoms with van der Waals surface area (Å²) >= 11 is 0. The zero-order chi connectivity index (χ0) is 15.3. The van der Waals surface area contributed by atoms with E-state index in [0.717, 1.165) is 5.82 Å². The number of nitrogens with one attached hydrogen (secondary N) is 2. The van der Waals surface area contributed by atoms with Crippen molar-refractivity contribution in [2.24, 2.45) is 12.5 Å². The third-order valence-electron chi connectivity index (χ3n) is 3.82. The number of aromatic nitrogens is 2. The molecular formula is C13H20N4O4. The monoisotopic (exact) mass is 296 g/mol. The molecule has 8 heteroatoms. The summed E-state index contributed by atoms with van der Waals surface area (Å²) in [5.41, 5.74) is -0.932. The van der Waals surface area contributed by atoms with E-state index in [4.69, 9.17) is 4.74 Å². The van der Waals surface area contributed by atoms with Gasteiger partial charge >= 0.3 is 12.0 Å². The number of ether oxygens (including phenoxy) is 1. The highest BCUT2D eigenvalue weighted by Gasteiger charge is 2.40. The van der Waals surface area contributed by atoms with Gasteiger partial charge in [-0.3, -0.25) is 4.79 Å². The number of amides is 2. The van der Waals surface area contributed by atoms with Crippen LogP contribution in [0.3, 0.4) is 0 Å². The molecule has 1 aromatic heterocycles. The fourth-order valence-corrected chi connectivity index (χ4v) is 2.27. The number of aliphatic carboxylic acids is 1. The molecule has 1 aliphatic heterocycles. The van der Waals surface area contributed by atoms with Gasteiger partial charge in [-0.15, -0.1) is 0 Å². The normalized spacial score (nSPS) is 17.2. The van der Waals surface area contributed by atoms with Gasteiger partial charge in [-0.1, -0.05) is 0 Å². The lowest BCUT2D eigenvalue weighted by Crippen LogP contribution is -2.48. The van der Waals surface area contributed by atoms with Crippen molar-refractivity contribution in [3.63, 3.8) is 0 Å². The van der Waals surface area contributed by atoms with Gasteiger partial charge in [0, 0.05) is 39.2 Å². The van der Waals surface area contributed by atoms with Crippen molar-refractivity contribution < 1.29 is 19.4 Å². The molecule has 2 rings (SSSR count). The van der Waals surface area contributed by atoms with Crippen LogP contribution in [-0.2, 0) is 23.1 Å². The first kappa shape index (κ1) is 15.3. The van der Waals surface area contributed by atoms with E-state index in [1.54, 1.807) is 17.0 Å². The Hall–Kier alpha value is -2.09. The second-order valence-electron chi connectivity index (χ2n) is 5.19. The van der Waals surface area contributed by atoms with Crippen LogP contribution in [0, 0.1) is 5.41 Å². The van der Waals surface area contributed by atoms with Crippen molar-refractivity contribution in [1.82, 2.24) is 20.2 Å². The lowest BCUT2D eigenvalue weighted by atomic mass is 9.80. The Kier molecular flexibility index (Phi) is 4.79. The molecule has 0 saturated carbocycles. The maximum Gasteiger partial charge on any atom is 0.315 e. The van der Waals surface area contributed by atoms with Crippen LogP contribution >= 0.6 is 0 Å². The van der Waals surface area contributed by atoms with Gasteiger partial charge in [0.2, 0.25) is 0 Å². The van der Waals surface area contributed by atoms with Crippen molar-refractivity contribution in [3.8, 4) is 0 Å². The highest BCUT2D eigenvalue weighted by molar-refractivity contribution is 5.78. The summed E-state index contributed by atoms with van der Waals surface area (Å²) in [6, 6.07) is -0.398. The molecule has 3 N–H and O–H groups in total. The number of urea groups is 1. The molecule has 8 nitrogen and oxygen atoms in total. The second-order valence-corrected chi connectivity index (χ2v) is 5.19. The number of hydrogen-bond acceptors (Lipinski definition) is 4. The number of carbonyl (C=O) groups excluding carboxylic acids is 1. The first-order valence-electron chi connectivity index (χ1n) is 6.82. The zero-order valence-corrected chi connectivity index (χ0v) is 12.0. The topological polar surface area (TPSA) is 105 Å². The van der Waals surface area contributed by atoms with Crippen molar-refractivity contribution in [2.75, 3.05) is 19.8 Å². The maximum absolute atomic E-state index is 11.8. The van der Waals surface area contributed by atoms with E-state index in [1.807, 2.05) is 7.05 Å². The van der Waals surface area contributed by atoms with E-state index in [-0.39, 0.29) is 6.54 Å². The summed E-state index contributed by atoms with van der Waals surface area (Å²) < 4.78 is 6.99. The van der Waals surface area contributed by atoms with Crippen molar-refractivity contribution in [3.05, 3.63) is 18.2 Å². The molecule has 0 spiro atoms. The molecule has 0 atom stereocenters. The zero-order valence-electron chi connectivity index (χ0n) is 12.0. The molecule has 1 aromatic rings. The number of carboxylic acid groups (broad SMARTS) is 1. The van der Waals surface area contributed by atoms with E-state index in [9.17, 15) is 14.7 Å². The van der Waals surface area contributed by atoms with E-state index < -0.39 is 17.4 Å². The van der Waals surface area contributed by atoms with Gasteiger partial charge in [0.05, 0.1) is 12.0 Å². The number of aryl methyl sites for hydroxylation is 1. The molecule has 0 aromatic carbocycles. The van der Waals surface area contributed by atoms with Gasteiger partial charge in [0.15, 0.2) is 0 Å². The lowest BCUT2D eigenvalue weighted by molar-refractivity contribution is -0.154. The third-order valence-corrected chi connectivity index (χ3v) is 3.82. The molecule has 1 saturated heterocycles. The largest absolute Gasteiger partial charge is 0.481 e. The van der Waals surface area contributed by atoms with Gasteiger partial charge in [0.25, 0.3) is 0 Å². The summed E-state index contributed by atoms with van der Waals surface area (Å²) in [4.78, 5) is 27.3. The number of nitrogens with zero attached hydrogens (tertiary/aromatic N) is 2. The van der Waals surface area contributed by atoms with Gasteiger partial charge in [0.1, 0.15) is 5.82 Å². The van der Waals surface area contributed by atoms with Crippen LogP contribution in [0.5, 0.6) is 0 Å². The van der Waals surface area contributed by atoms with Crippen molar-refractivity contribution in [2.45, 2.75) is 19.4 Å². The van der Waals surface area contributed by atoms with Crippen LogP contribution in [0.15, 0.2) is 12.4 Å². The van der Waals surface area contributed by atoms with Crippen LogP contribution in [0.4, 0.5) is 4.79 Å². The predicted octanol–water partition coefficient (Wildman–Crippen LogP) is 0.101. The van der Waals surface area contributed by atoms with Crippen LogP contribution in [-0.4, -0.2) is 46.4 Å². The molecule has 0 aliphatic carbocycles. The highest BCUT2D eigenvalue weighted by atomic mass is 16.5. The van der Waals surface area contributed by atoms with Crippen molar-refractivity contribution in [1.29, 1.82) is 0 Å². The SMILES string of the molecule is Cn1ccnc1CNC(=O)NCC1(C(=O)O)CCOCC1. The molecule has 2 heterocycles. The molecular weight excluding hydrogens is 276 g/mol. The predicted molar refractivity (Wildman–Crippen MR) is 73.6 cm³/mol. The molecule has 1 aliphatic rings. The summed E-state index contributed by atoms with van der Waals surface area (Å²) in [5.74, 6) is -0.167. The van der Waals surface area contributed by atoms with Gasteiger partial charge < -0.3 is 25.0 Å². The Morgan fingerprint density at radius 1 is 1.43 bits per heavy atom. The minimum atomic E-state index is -0.932. The van der Waals surface area contributed by atoms with E-state index in [1.165, 1.54) is 0 Å². The van der Waals surface area contributed by atoms with Crippen LogP contribution < -0.4 is 10.6 Å².